The van der Waals surface area contributed by atoms with Gasteiger partial charge in [-0.3, -0.25) is 0 Å². The van der Waals surface area contributed by atoms with Crippen LogP contribution in [-0.2, 0) is 4.74 Å². The van der Waals surface area contributed by atoms with Crippen LogP contribution in [0.4, 0.5) is 0 Å². The van der Waals surface area contributed by atoms with Gasteiger partial charge in [0.2, 0.25) is 0 Å². The van der Waals surface area contributed by atoms with E-state index in [1.54, 1.807) is 23.9 Å². The van der Waals surface area contributed by atoms with Gasteiger partial charge in [0, 0.05) is 17.1 Å². The number of hydrogen-bond donors (Lipinski definition) is 0. The second-order valence-electron chi connectivity index (χ2n) is 3.63. The minimum atomic E-state index is -0.350. The van der Waals surface area contributed by atoms with Crippen molar-refractivity contribution >= 4 is 23.3 Å². The molecule has 0 N–H and O–H groups in total. The third-order valence-corrected chi connectivity index (χ3v) is 3.61. The van der Waals surface area contributed by atoms with Gasteiger partial charge in [-0.25, -0.2) is 4.79 Å². The topological polar surface area (TPSA) is 50.1 Å². The van der Waals surface area contributed by atoms with Crippen molar-refractivity contribution in [1.29, 1.82) is 5.26 Å². The van der Waals surface area contributed by atoms with E-state index in [4.69, 9.17) is 5.26 Å². The van der Waals surface area contributed by atoms with Crippen LogP contribution in [0, 0.1) is 11.3 Å². The molecule has 4 heteroatoms. The van der Waals surface area contributed by atoms with E-state index in [-0.39, 0.29) is 5.97 Å². The minimum absolute atomic E-state index is 0.350. The molecule has 0 spiro atoms. The molecule has 0 saturated carbocycles. The van der Waals surface area contributed by atoms with Crippen LogP contribution >= 0.6 is 11.8 Å². The van der Waals surface area contributed by atoms with Crippen molar-refractivity contribution in [3.63, 3.8) is 0 Å². The Morgan fingerprint density at radius 1 is 1.47 bits per heavy atom. The molecule has 1 heterocycles. The first-order valence-electron chi connectivity index (χ1n) is 5.15. The minimum Gasteiger partial charge on any atom is -0.465 e. The summed E-state index contributed by atoms with van der Waals surface area (Å²) < 4.78 is 4.68. The Morgan fingerprint density at radius 3 is 3.00 bits per heavy atom. The van der Waals surface area contributed by atoms with Crippen LogP contribution in [0.1, 0.15) is 15.9 Å². The lowest BCUT2D eigenvalue weighted by molar-refractivity contribution is 0.0600. The predicted octanol–water partition coefficient (Wildman–Crippen LogP) is 2.50. The van der Waals surface area contributed by atoms with Gasteiger partial charge in [-0.2, -0.15) is 17.0 Å². The number of carbonyl (C=O) groups is 1. The van der Waals surface area contributed by atoms with Crippen molar-refractivity contribution in [2.45, 2.75) is 0 Å². The smallest absolute Gasteiger partial charge is 0.337 e. The molecule has 0 radical (unpaired) electrons. The van der Waals surface area contributed by atoms with Crippen molar-refractivity contribution in [3.05, 3.63) is 41.0 Å². The number of rotatable bonds is 2. The third kappa shape index (κ3) is 2.34. The van der Waals surface area contributed by atoms with E-state index in [1.165, 1.54) is 7.11 Å². The molecule has 86 valence electrons. The number of ether oxygens (including phenoxy) is 1. The summed E-state index contributed by atoms with van der Waals surface area (Å²) in [5.74, 6) is 1.23. The largest absolute Gasteiger partial charge is 0.465 e. The normalized spacial score (nSPS) is 14.6. The van der Waals surface area contributed by atoms with Gasteiger partial charge in [-0.05, 0) is 23.3 Å². The first-order valence-corrected chi connectivity index (χ1v) is 6.30. The number of nitriles is 1. The molecular weight excluding hydrogens is 234 g/mol. The van der Waals surface area contributed by atoms with Gasteiger partial charge in [0.1, 0.15) is 0 Å². The van der Waals surface area contributed by atoms with Gasteiger partial charge >= 0.3 is 5.97 Å². The van der Waals surface area contributed by atoms with Gasteiger partial charge in [0.05, 0.1) is 18.7 Å². The van der Waals surface area contributed by atoms with Crippen LogP contribution in [0.3, 0.4) is 0 Å². The fourth-order valence-corrected chi connectivity index (χ4v) is 2.83. The van der Waals surface area contributed by atoms with Crippen molar-refractivity contribution in [2.24, 2.45) is 0 Å². The molecule has 0 amide bonds. The van der Waals surface area contributed by atoms with Gasteiger partial charge in [-0.1, -0.05) is 12.1 Å². The zero-order chi connectivity index (χ0) is 12.3. The standard InChI is InChI=1S/C13H11NO2S/c1-16-13(15)10-4-2-3-9(5-10)12-8-17-7-11(12)6-14/h2-5H,7-8H2,1H3. The fraction of sp³-hybridized carbons (Fsp3) is 0.231. The molecule has 0 aliphatic carbocycles. The Hall–Kier alpha value is -1.73. The van der Waals surface area contributed by atoms with Crippen molar-refractivity contribution in [1.82, 2.24) is 0 Å². The second-order valence-corrected chi connectivity index (χ2v) is 4.62. The Labute approximate surface area is 104 Å². The fourth-order valence-electron chi connectivity index (χ4n) is 1.74. The first kappa shape index (κ1) is 11.7. The molecule has 3 nitrogen and oxygen atoms in total. The Kier molecular flexibility index (Phi) is 3.50. The summed E-state index contributed by atoms with van der Waals surface area (Å²) in [6, 6.07) is 9.45. The zero-order valence-electron chi connectivity index (χ0n) is 9.40. The van der Waals surface area contributed by atoms with Gasteiger partial charge in [0.25, 0.3) is 0 Å². The molecule has 0 aromatic heterocycles. The van der Waals surface area contributed by atoms with Crippen LogP contribution in [0.2, 0.25) is 0 Å². The monoisotopic (exact) mass is 245 g/mol. The summed E-state index contributed by atoms with van der Waals surface area (Å²) >= 11 is 1.72. The van der Waals surface area contributed by atoms with E-state index in [2.05, 4.69) is 10.8 Å². The van der Waals surface area contributed by atoms with Gasteiger partial charge in [0.15, 0.2) is 0 Å². The lowest BCUT2D eigenvalue weighted by Crippen LogP contribution is -2.01. The maximum Gasteiger partial charge on any atom is 0.337 e. The summed E-state index contributed by atoms with van der Waals surface area (Å²) in [4.78, 5) is 11.4. The Morgan fingerprint density at radius 2 is 2.29 bits per heavy atom. The third-order valence-electron chi connectivity index (χ3n) is 2.62. The summed E-state index contributed by atoms with van der Waals surface area (Å²) in [5, 5.41) is 9.01. The number of thioether (sulfide) groups is 1. The number of hydrogen-bond acceptors (Lipinski definition) is 4. The summed E-state index contributed by atoms with van der Waals surface area (Å²) in [6.45, 7) is 0. The van der Waals surface area contributed by atoms with E-state index in [1.807, 2.05) is 12.1 Å². The van der Waals surface area contributed by atoms with Crippen molar-refractivity contribution in [3.8, 4) is 6.07 Å². The molecule has 0 fully saturated rings. The summed E-state index contributed by atoms with van der Waals surface area (Å²) in [5.41, 5.74) is 3.29. The molecule has 1 aromatic rings. The van der Waals surface area contributed by atoms with E-state index in [0.717, 1.165) is 28.2 Å². The van der Waals surface area contributed by atoms with Gasteiger partial charge in [-0.15, -0.1) is 0 Å². The summed E-state index contributed by atoms with van der Waals surface area (Å²) in [6.07, 6.45) is 0. The number of benzene rings is 1. The van der Waals surface area contributed by atoms with E-state index < -0.39 is 0 Å². The zero-order valence-corrected chi connectivity index (χ0v) is 10.2. The molecule has 1 aromatic carbocycles. The van der Waals surface area contributed by atoms with Crippen LogP contribution in [-0.4, -0.2) is 24.6 Å². The highest BCUT2D eigenvalue weighted by Crippen LogP contribution is 2.32. The summed E-state index contributed by atoms with van der Waals surface area (Å²) in [7, 11) is 1.36. The maximum atomic E-state index is 11.4. The molecule has 0 bridgehead atoms. The predicted molar refractivity (Wildman–Crippen MR) is 67.6 cm³/mol. The van der Waals surface area contributed by atoms with E-state index in [0.29, 0.717) is 5.56 Å². The van der Waals surface area contributed by atoms with Crippen molar-refractivity contribution < 1.29 is 9.53 Å². The Bertz CT molecular complexity index is 528. The highest BCUT2D eigenvalue weighted by Gasteiger charge is 2.17. The number of esters is 1. The van der Waals surface area contributed by atoms with Gasteiger partial charge < -0.3 is 4.74 Å². The lowest BCUT2D eigenvalue weighted by Gasteiger charge is -2.05. The quantitative estimate of drug-likeness (QED) is 0.751. The highest BCUT2D eigenvalue weighted by atomic mass is 32.2. The number of nitrogens with zero attached hydrogens (tertiary/aromatic N) is 1. The SMILES string of the molecule is COC(=O)c1cccc(C2=C(C#N)CSC2)c1. The number of methoxy groups -OCH3 is 1. The van der Waals surface area contributed by atoms with E-state index >= 15 is 0 Å². The van der Waals surface area contributed by atoms with Crippen LogP contribution in [0.25, 0.3) is 5.57 Å². The molecule has 2 rings (SSSR count). The molecular formula is C13H11NO2S. The first-order chi connectivity index (χ1) is 8.26. The van der Waals surface area contributed by atoms with Crippen LogP contribution in [0.15, 0.2) is 29.8 Å². The average Bonchev–Trinajstić information content (AvgIpc) is 2.86. The van der Waals surface area contributed by atoms with Crippen LogP contribution < -0.4 is 0 Å². The average molecular weight is 245 g/mol. The molecule has 1 aliphatic heterocycles. The molecule has 1 aliphatic rings. The highest BCUT2D eigenvalue weighted by molar-refractivity contribution is 8.00. The lowest BCUT2D eigenvalue weighted by atomic mass is 10.0. The molecule has 0 unspecified atom stereocenters. The van der Waals surface area contributed by atoms with Crippen LogP contribution in [0.5, 0.6) is 0 Å². The molecule has 0 saturated heterocycles. The Balaban J connectivity index is 2.41. The number of carbonyl (C=O) groups excluding carboxylic acids is 1. The second kappa shape index (κ2) is 5.07. The maximum absolute atomic E-state index is 11.4. The van der Waals surface area contributed by atoms with Crippen molar-refractivity contribution in [2.75, 3.05) is 18.6 Å². The molecule has 17 heavy (non-hydrogen) atoms. The molecule has 0 atom stereocenters. The van der Waals surface area contributed by atoms with E-state index in [9.17, 15) is 4.79 Å².